The van der Waals surface area contributed by atoms with Gasteiger partial charge in [0, 0.05) is 38.5 Å². The van der Waals surface area contributed by atoms with Crippen LogP contribution in [0.25, 0.3) is 33.0 Å². The van der Waals surface area contributed by atoms with Gasteiger partial charge in [-0.15, -0.1) is 5.10 Å². The number of anilines is 1. The molecule has 0 unspecified atom stereocenters. The smallest absolute Gasteiger partial charge is 0.303 e. The highest BCUT2D eigenvalue weighted by Gasteiger charge is 2.53. The second-order valence-electron chi connectivity index (χ2n) is 10.9. The van der Waals surface area contributed by atoms with Crippen LogP contribution in [0.3, 0.4) is 0 Å². The molecule has 15 heteroatoms. The van der Waals surface area contributed by atoms with Crippen molar-refractivity contribution in [3.63, 3.8) is 0 Å². The molecule has 47 heavy (non-hydrogen) atoms. The van der Waals surface area contributed by atoms with Gasteiger partial charge in [0.15, 0.2) is 30.1 Å². The third-order valence-corrected chi connectivity index (χ3v) is 7.43. The molecule has 2 aromatic carbocycles. The minimum Gasteiger partial charge on any atom is -0.463 e. The number of esters is 4. The summed E-state index contributed by atoms with van der Waals surface area (Å²) in [6.07, 6.45) is -4.73. The molecule has 0 aliphatic carbocycles. The number of ether oxygens (including phenoxy) is 5. The Kier molecular flexibility index (Phi) is 8.72. The number of fused-ring (bicyclic) bond motifs is 4. The van der Waals surface area contributed by atoms with Crippen LogP contribution in [0, 0.1) is 0 Å². The number of nitrogens with one attached hydrogen (secondary N) is 1. The highest BCUT2D eigenvalue weighted by atomic mass is 16.7. The zero-order valence-corrected chi connectivity index (χ0v) is 25.9. The van der Waals surface area contributed by atoms with Crippen molar-refractivity contribution in [1.29, 1.82) is 0 Å². The zero-order chi connectivity index (χ0) is 33.2. The van der Waals surface area contributed by atoms with E-state index >= 15 is 0 Å². The number of furan rings is 1. The third kappa shape index (κ3) is 6.56. The van der Waals surface area contributed by atoms with E-state index in [2.05, 4.69) is 15.6 Å². The van der Waals surface area contributed by atoms with Gasteiger partial charge in [0.2, 0.25) is 0 Å². The maximum absolute atomic E-state index is 12.2. The molecule has 1 aliphatic heterocycles. The van der Waals surface area contributed by atoms with Gasteiger partial charge in [-0.3, -0.25) is 19.2 Å². The lowest BCUT2D eigenvalue weighted by Gasteiger charge is -2.44. The van der Waals surface area contributed by atoms with Crippen LogP contribution in [0.1, 0.15) is 39.6 Å². The molecule has 5 atom stereocenters. The van der Waals surface area contributed by atoms with Gasteiger partial charge in [-0.05, 0) is 18.2 Å². The van der Waals surface area contributed by atoms with Crippen LogP contribution < -0.4 is 5.32 Å². The first-order chi connectivity index (χ1) is 22.6. The lowest BCUT2D eigenvalue weighted by molar-refractivity contribution is -0.270. The molecule has 0 saturated carbocycles. The molecule has 5 aromatic rings. The van der Waals surface area contributed by atoms with Crippen molar-refractivity contribution in [2.45, 2.75) is 64.9 Å². The zero-order valence-electron chi connectivity index (χ0n) is 25.9. The van der Waals surface area contributed by atoms with Crippen molar-refractivity contribution >= 4 is 62.5 Å². The van der Waals surface area contributed by atoms with E-state index in [9.17, 15) is 19.2 Å². The highest BCUT2D eigenvalue weighted by molar-refractivity contribution is 6.13. The van der Waals surface area contributed by atoms with Crippen LogP contribution in [0.2, 0.25) is 0 Å². The van der Waals surface area contributed by atoms with E-state index in [1.807, 2.05) is 48.5 Å². The van der Waals surface area contributed by atoms with Crippen molar-refractivity contribution in [2.24, 2.45) is 0 Å². The van der Waals surface area contributed by atoms with Crippen LogP contribution in [0.4, 0.5) is 5.69 Å². The molecule has 244 valence electrons. The summed E-state index contributed by atoms with van der Waals surface area (Å²) in [5.41, 5.74) is 3.93. The maximum atomic E-state index is 12.2. The van der Waals surface area contributed by atoms with Gasteiger partial charge in [-0.25, -0.2) is 9.67 Å². The third-order valence-electron chi connectivity index (χ3n) is 7.43. The summed E-state index contributed by atoms with van der Waals surface area (Å²) in [6.45, 7) is 4.51. The molecule has 1 fully saturated rings. The molecule has 3 aromatic heterocycles. The molecular formula is C32H31N5O10. The molecule has 1 aliphatic rings. The van der Waals surface area contributed by atoms with E-state index in [0.29, 0.717) is 28.1 Å². The van der Waals surface area contributed by atoms with Gasteiger partial charge in [0.25, 0.3) is 0 Å². The predicted molar refractivity (Wildman–Crippen MR) is 164 cm³/mol. The highest BCUT2D eigenvalue weighted by Crippen LogP contribution is 2.38. The van der Waals surface area contributed by atoms with E-state index in [-0.39, 0.29) is 13.2 Å². The lowest BCUT2D eigenvalue weighted by Crippen LogP contribution is -2.60. The fourth-order valence-corrected chi connectivity index (χ4v) is 5.63. The number of carbonyl (C=O) groups excluding carboxylic acids is 4. The summed E-state index contributed by atoms with van der Waals surface area (Å²) < 4.78 is 35.4. The molecule has 0 spiro atoms. The summed E-state index contributed by atoms with van der Waals surface area (Å²) in [7, 11) is 0. The Morgan fingerprint density at radius 1 is 0.830 bits per heavy atom. The van der Waals surface area contributed by atoms with Gasteiger partial charge < -0.3 is 33.4 Å². The molecule has 4 heterocycles. The van der Waals surface area contributed by atoms with E-state index in [4.69, 9.17) is 33.1 Å². The fourth-order valence-electron chi connectivity index (χ4n) is 5.63. The van der Waals surface area contributed by atoms with Crippen LogP contribution in [0.5, 0.6) is 0 Å². The van der Waals surface area contributed by atoms with Crippen molar-refractivity contribution in [2.75, 3.05) is 11.9 Å². The fraction of sp³-hybridized carbons (Fsp3) is 0.344. The normalized spacial score (nSPS) is 21.0. The van der Waals surface area contributed by atoms with E-state index in [1.165, 1.54) is 18.5 Å². The summed E-state index contributed by atoms with van der Waals surface area (Å²) in [4.78, 5) is 52.9. The maximum Gasteiger partial charge on any atom is 0.303 e. The van der Waals surface area contributed by atoms with Crippen LogP contribution >= 0.6 is 0 Å². The minimum absolute atomic E-state index is 0.186. The number of aromatic nitrogens is 4. The van der Waals surface area contributed by atoms with Crippen molar-refractivity contribution < 1.29 is 47.3 Å². The SMILES string of the molecule is CC(=O)OC[C@@H]1O[C@H](n2cc(CNc3c4ccccc4nc4c3oc3ccccc34)nn2)[C@@H](OC(C)=O)[C@H](OC(C)=O)[C@H]1OC(C)=O. The van der Waals surface area contributed by atoms with Crippen molar-refractivity contribution in [1.82, 2.24) is 20.0 Å². The summed E-state index contributed by atoms with van der Waals surface area (Å²) >= 11 is 0. The van der Waals surface area contributed by atoms with Crippen LogP contribution in [0.15, 0.2) is 59.1 Å². The average molecular weight is 646 g/mol. The molecule has 1 saturated heterocycles. The average Bonchev–Trinajstić information content (AvgIpc) is 3.64. The minimum atomic E-state index is -1.34. The van der Waals surface area contributed by atoms with E-state index in [1.54, 1.807) is 6.20 Å². The van der Waals surface area contributed by atoms with Gasteiger partial charge in [0.1, 0.15) is 29.5 Å². The van der Waals surface area contributed by atoms with E-state index < -0.39 is 54.5 Å². The number of nitrogens with zero attached hydrogens (tertiary/aromatic N) is 4. The first kappa shape index (κ1) is 31.4. The van der Waals surface area contributed by atoms with Gasteiger partial charge >= 0.3 is 23.9 Å². The topological polar surface area (TPSA) is 183 Å². The number of rotatable bonds is 9. The van der Waals surface area contributed by atoms with Gasteiger partial charge in [-0.2, -0.15) is 0 Å². The molecule has 6 rings (SSSR count). The number of benzene rings is 2. The summed E-state index contributed by atoms with van der Waals surface area (Å²) in [5, 5.41) is 13.6. The molecule has 0 amide bonds. The summed E-state index contributed by atoms with van der Waals surface area (Å²) in [6, 6.07) is 15.3. The van der Waals surface area contributed by atoms with Gasteiger partial charge in [0.05, 0.1) is 23.9 Å². The number of pyridine rings is 1. The Morgan fingerprint density at radius 2 is 1.49 bits per heavy atom. The van der Waals surface area contributed by atoms with Gasteiger partial charge in [-0.1, -0.05) is 35.5 Å². The Morgan fingerprint density at radius 3 is 2.21 bits per heavy atom. The largest absolute Gasteiger partial charge is 0.463 e. The quantitative estimate of drug-likeness (QED) is 0.181. The predicted octanol–water partition coefficient (Wildman–Crippen LogP) is 3.59. The van der Waals surface area contributed by atoms with E-state index in [0.717, 1.165) is 30.1 Å². The Labute approximate surface area is 267 Å². The molecule has 0 radical (unpaired) electrons. The first-order valence-corrected chi connectivity index (χ1v) is 14.7. The first-order valence-electron chi connectivity index (χ1n) is 14.7. The summed E-state index contributed by atoms with van der Waals surface area (Å²) in [5.74, 6) is -2.79. The Bertz CT molecular complexity index is 1990. The number of para-hydroxylation sites is 2. The second-order valence-corrected chi connectivity index (χ2v) is 10.9. The number of hydrogen-bond donors (Lipinski definition) is 1. The molecule has 0 bridgehead atoms. The Hall–Kier alpha value is -5.57. The molecule has 15 nitrogen and oxygen atoms in total. The van der Waals surface area contributed by atoms with Crippen LogP contribution in [-0.2, 0) is 49.4 Å². The molecule has 1 N–H and O–H groups in total. The van der Waals surface area contributed by atoms with Crippen LogP contribution in [-0.4, -0.2) is 74.9 Å². The second kappa shape index (κ2) is 13.0. The Balaban J connectivity index is 1.33. The van der Waals surface area contributed by atoms with Crippen molar-refractivity contribution in [3.05, 3.63) is 60.4 Å². The standard InChI is InChI=1S/C32H31N5O10/c1-16(38)42-15-25-28(43-17(2)39)30(44-18(3)40)31(45-19(4)41)32(47-25)37-14-20(35-36-37)13-33-26-21-9-5-7-11-23(21)34-27-22-10-6-8-12-24(22)46-29(26)27/h5-12,14,25,28,30-32H,13,15H2,1-4H3,(H,33,34)/t25-,28-,30+,31-,32-/m0/s1. The lowest BCUT2D eigenvalue weighted by atomic mass is 9.97. The monoisotopic (exact) mass is 645 g/mol. The number of carbonyl (C=O) groups is 4. The molecular weight excluding hydrogens is 614 g/mol. The number of hydrogen-bond acceptors (Lipinski definition) is 14. The van der Waals surface area contributed by atoms with Crippen molar-refractivity contribution in [3.8, 4) is 0 Å².